The first-order chi connectivity index (χ1) is 7.82. The lowest BCUT2D eigenvalue weighted by atomic mass is 10.2. The maximum absolute atomic E-state index is 12.5. The fourth-order valence-electron chi connectivity index (χ4n) is 1.17. The number of ether oxygens (including phenoxy) is 1. The number of methoxy groups -OCH3 is 1. The smallest absolute Gasteiger partial charge is 0.281 e. The summed E-state index contributed by atoms with van der Waals surface area (Å²) in [6.07, 6.45) is -2.38. The zero-order valence-electron chi connectivity index (χ0n) is 8.52. The van der Waals surface area contributed by atoms with Gasteiger partial charge < -0.3 is 4.74 Å². The largest absolute Gasteiger partial charge is 0.494 e. The van der Waals surface area contributed by atoms with E-state index in [1.54, 1.807) is 0 Å². The first-order valence-electron chi connectivity index (χ1n) is 4.10. The van der Waals surface area contributed by atoms with E-state index < -0.39 is 38.4 Å². The summed E-state index contributed by atoms with van der Waals surface area (Å²) in [4.78, 5) is 2.60. The number of pyridine rings is 1. The number of rotatable bonds is 3. The van der Waals surface area contributed by atoms with Crippen molar-refractivity contribution in [2.24, 2.45) is 5.14 Å². The van der Waals surface area contributed by atoms with Crippen LogP contribution in [0.1, 0.15) is 17.7 Å². The number of aromatic nitrogens is 1. The van der Waals surface area contributed by atoms with Crippen molar-refractivity contribution >= 4 is 10.0 Å². The molecule has 0 aromatic carbocycles. The number of nitrogens with two attached hydrogens (primary N) is 1. The lowest BCUT2D eigenvalue weighted by Crippen LogP contribution is -2.15. The van der Waals surface area contributed by atoms with E-state index in [-0.39, 0.29) is 0 Å². The molecule has 1 aromatic rings. The fourth-order valence-corrected chi connectivity index (χ4v) is 1.81. The minimum atomic E-state index is -4.20. The van der Waals surface area contributed by atoms with Crippen LogP contribution in [0.3, 0.4) is 0 Å². The van der Waals surface area contributed by atoms with Gasteiger partial charge in [-0.25, -0.2) is 22.3 Å². The molecule has 9 heteroatoms. The van der Waals surface area contributed by atoms with Crippen molar-refractivity contribution in [3.63, 3.8) is 0 Å². The van der Waals surface area contributed by atoms with E-state index in [2.05, 4.69) is 9.72 Å². The molecule has 2 N–H and O–H groups in total. The summed E-state index contributed by atoms with van der Waals surface area (Å²) in [7, 11) is -3.16. The average Bonchev–Trinajstić information content (AvgIpc) is 2.25. The van der Waals surface area contributed by atoms with Gasteiger partial charge in [0.05, 0.1) is 13.3 Å². The highest BCUT2D eigenvalue weighted by molar-refractivity contribution is 7.89. The number of primary sulfonamides is 1. The van der Waals surface area contributed by atoms with E-state index in [4.69, 9.17) is 10.4 Å². The molecular weight excluding hydrogens is 256 g/mol. The molecule has 1 rings (SSSR count). The molecule has 0 spiro atoms. The van der Waals surface area contributed by atoms with Crippen molar-refractivity contribution in [1.29, 1.82) is 5.26 Å². The molecule has 0 amide bonds. The Morgan fingerprint density at radius 3 is 2.53 bits per heavy atom. The Hall–Kier alpha value is -1.79. The Morgan fingerprint density at radius 1 is 1.59 bits per heavy atom. The van der Waals surface area contributed by atoms with Gasteiger partial charge in [0.25, 0.3) is 6.43 Å². The molecule has 0 aliphatic carbocycles. The second kappa shape index (κ2) is 4.60. The first-order valence-corrected chi connectivity index (χ1v) is 5.65. The van der Waals surface area contributed by atoms with Gasteiger partial charge in [-0.1, -0.05) is 0 Å². The van der Waals surface area contributed by atoms with E-state index in [0.29, 0.717) is 6.20 Å². The summed E-state index contributed by atoms with van der Waals surface area (Å²) >= 11 is 0. The molecule has 6 nitrogen and oxygen atoms in total. The Labute approximate surface area is 95.7 Å². The number of halogens is 2. The molecule has 92 valence electrons. The molecule has 0 atom stereocenters. The number of hydrogen-bond donors (Lipinski definition) is 1. The van der Waals surface area contributed by atoms with Gasteiger partial charge in [-0.3, -0.25) is 4.98 Å². The Kier molecular flexibility index (Phi) is 3.59. The van der Waals surface area contributed by atoms with Gasteiger partial charge in [-0.05, 0) is 0 Å². The number of nitriles is 1. The van der Waals surface area contributed by atoms with E-state index in [1.165, 1.54) is 6.07 Å². The normalized spacial score (nSPS) is 11.3. The van der Waals surface area contributed by atoms with Gasteiger partial charge in [0.2, 0.25) is 10.0 Å². The van der Waals surface area contributed by atoms with Gasteiger partial charge >= 0.3 is 0 Å². The third kappa shape index (κ3) is 2.48. The molecule has 0 aliphatic heterocycles. The maximum Gasteiger partial charge on any atom is 0.281 e. The topological polar surface area (TPSA) is 106 Å². The molecule has 17 heavy (non-hydrogen) atoms. The van der Waals surface area contributed by atoms with Crippen LogP contribution in [0.4, 0.5) is 8.78 Å². The highest BCUT2D eigenvalue weighted by atomic mass is 32.2. The minimum absolute atomic E-state index is 0.527. The molecule has 0 aliphatic rings. The summed E-state index contributed by atoms with van der Waals surface area (Å²) in [6, 6.07) is 1.42. The van der Waals surface area contributed by atoms with Crippen LogP contribution in [-0.2, 0) is 10.0 Å². The third-order valence-electron chi connectivity index (χ3n) is 1.86. The third-order valence-corrected chi connectivity index (χ3v) is 2.76. The van der Waals surface area contributed by atoms with Gasteiger partial charge in [0.15, 0.2) is 5.75 Å². The highest BCUT2D eigenvalue weighted by Gasteiger charge is 2.25. The zero-order valence-corrected chi connectivity index (χ0v) is 9.33. The van der Waals surface area contributed by atoms with Crippen molar-refractivity contribution < 1.29 is 21.9 Å². The fraction of sp³-hybridized carbons (Fsp3) is 0.250. The highest BCUT2D eigenvalue weighted by Crippen LogP contribution is 2.32. The molecule has 1 aromatic heterocycles. The van der Waals surface area contributed by atoms with Crippen molar-refractivity contribution in [2.75, 3.05) is 7.11 Å². The van der Waals surface area contributed by atoms with E-state index in [1.807, 2.05) is 0 Å². The van der Waals surface area contributed by atoms with Crippen molar-refractivity contribution in [1.82, 2.24) is 4.98 Å². The van der Waals surface area contributed by atoms with Crippen LogP contribution >= 0.6 is 0 Å². The molecule has 0 saturated heterocycles. The summed E-state index contributed by atoms with van der Waals surface area (Å²) in [5.74, 6) is -0.527. The molecule has 1 heterocycles. The first kappa shape index (κ1) is 13.3. The predicted octanol–water partition coefficient (Wildman–Crippen LogP) is 0.547. The van der Waals surface area contributed by atoms with Crippen LogP contribution in [-0.4, -0.2) is 20.5 Å². The quantitative estimate of drug-likeness (QED) is 0.856. The average molecular weight is 263 g/mol. The second-order valence-electron chi connectivity index (χ2n) is 2.87. The van der Waals surface area contributed by atoms with Crippen LogP contribution in [0.15, 0.2) is 11.1 Å². The zero-order chi connectivity index (χ0) is 13.2. The van der Waals surface area contributed by atoms with Gasteiger partial charge in [-0.2, -0.15) is 5.26 Å². The number of sulfonamides is 1. The number of alkyl halides is 2. The minimum Gasteiger partial charge on any atom is -0.494 e. The molecule has 0 radical (unpaired) electrons. The molecule has 0 fully saturated rings. The Balaban J connectivity index is 3.68. The summed E-state index contributed by atoms with van der Waals surface area (Å²) in [5, 5.41) is 13.6. The van der Waals surface area contributed by atoms with Crippen molar-refractivity contribution in [2.45, 2.75) is 11.3 Å². The lowest BCUT2D eigenvalue weighted by molar-refractivity contribution is 0.145. The Morgan fingerprint density at radius 2 is 2.18 bits per heavy atom. The second-order valence-corrected chi connectivity index (χ2v) is 4.40. The van der Waals surface area contributed by atoms with E-state index >= 15 is 0 Å². The van der Waals surface area contributed by atoms with Crippen LogP contribution < -0.4 is 9.88 Å². The van der Waals surface area contributed by atoms with E-state index in [9.17, 15) is 17.2 Å². The van der Waals surface area contributed by atoms with Crippen molar-refractivity contribution in [3.8, 4) is 11.8 Å². The van der Waals surface area contributed by atoms with Gasteiger partial charge in [-0.15, -0.1) is 0 Å². The van der Waals surface area contributed by atoms with Crippen LogP contribution in [0.2, 0.25) is 0 Å². The standard InChI is InChI=1S/C8H7F2N3O3S/c1-16-7-4(2-11)6(8(9)10)13-3-5(7)17(12,14)15/h3,8H,1H3,(H2,12,14,15). The molecular formula is C8H7F2N3O3S. The SMILES string of the molecule is COc1c(S(N)(=O)=O)cnc(C(F)F)c1C#N. The van der Waals surface area contributed by atoms with E-state index in [0.717, 1.165) is 7.11 Å². The van der Waals surface area contributed by atoms with Crippen molar-refractivity contribution in [3.05, 3.63) is 17.5 Å². The molecule has 0 unspecified atom stereocenters. The van der Waals surface area contributed by atoms with Gasteiger partial charge in [0, 0.05) is 0 Å². The summed E-state index contributed by atoms with van der Waals surface area (Å²) in [6.45, 7) is 0. The number of hydrogen-bond acceptors (Lipinski definition) is 5. The number of nitrogens with zero attached hydrogens (tertiary/aromatic N) is 2. The predicted molar refractivity (Wildman–Crippen MR) is 51.8 cm³/mol. The van der Waals surface area contributed by atoms with Gasteiger partial charge in [0.1, 0.15) is 22.2 Å². The monoisotopic (exact) mass is 263 g/mol. The Bertz CT molecular complexity index is 580. The van der Waals surface area contributed by atoms with Crippen LogP contribution in [0.5, 0.6) is 5.75 Å². The lowest BCUT2D eigenvalue weighted by Gasteiger charge is -2.10. The van der Waals surface area contributed by atoms with Crippen LogP contribution in [0.25, 0.3) is 0 Å². The molecule has 0 saturated carbocycles. The maximum atomic E-state index is 12.5. The summed E-state index contributed by atoms with van der Waals surface area (Å²) in [5.41, 5.74) is -1.49. The molecule has 0 bridgehead atoms. The van der Waals surface area contributed by atoms with Crippen LogP contribution in [0, 0.1) is 11.3 Å². The summed E-state index contributed by atoms with van der Waals surface area (Å²) < 4.78 is 51.9.